The molecule has 0 aliphatic carbocycles. The van der Waals surface area contributed by atoms with Crippen LogP contribution in [0.2, 0.25) is 0 Å². The molecule has 4 aromatic rings. The van der Waals surface area contributed by atoms with Crippen LogP contribution in [0.25, 0.3) is 15.3 Å². The van der Waals surface area contributed by atoms with Gasteiger partial charge in [0.05, 0.1) is 20.8 Å². The van der Waals surface area contributed by atoms with E-state index in [1.54, 1.807) is 17.8 Å². The summed E-state index contributed by atoms with van der Waals surface area (Å²) in [6, 6.07) is 14.0. The number of unbranched alkanes of at least 4 members (excludes halogenated alkanes) is 1. The first-order chi connectivity index (χ1) is 17.4. The summed E-state index contributed by atoms with van der Waals surface area (Å²) in [4.78, 5) is 17.9. The van der Waals surface area contributed by atoms with Crippen molar-refractivity contribution in [2.75, 3.05) is 18.9 Å². The molecule has 0 saturated heterocycles. The molecule has 2 aromatic carbocycles. The van der Waals surface area contributed by atoms with Crippen molar-refractivity contribution in [1.82, 2.24) is 19.1 Å². The van der Waals surface area contributed by atoms with Crippen LogP contribution >= 0.6 is 11.3 Å². The Bertz CT molecular complexity index is 1530. The van der Waals surface area contributed by atoms with Gasteiger partial charge in [0.15, 0.2) is 0 Å². The van der Waals surface area contributed by atoms with Gasteiger partial charge in [-0.05, 0) is 60.7 Å². The van der Waals surface area contributed by atoms with Crippen molar-refractivity contribution in [3.63, 3.8) is 0 Å². The Kier molecular flexibility index (Phi) is 7.55. The van der Waals surface area contributed by atoms with Crippen LogP contribution in [0.5, 0.6) is 0 Å². The third-order valence-corrected chi connectivity index (χ3v) is 9.01. The maximum atomic E-state index is 13.0. The summed E-state index contributed by atoms with van der Waals surface area (Å²) in [5.41, 5.74) is 3.21. The molecule has 0 aliphatic heterocycles. The van der Waals surface area contributed by atoms with Gasteiger partial charge in [0.25, 0.3) is 5.91 Å². The first-order valence-corrected chi connectivity index (χ1v) is 14.5. The molecule has 1 amide bonds. The number of aromatic nitrogens is 3. The summed E-state index contributed by atoms with van der Waals surface area (Å²) < 4.78 is 29.6. The zero-order valence-corrected chi connectivity index (χ0v) is 23.7. The van der Waals surface area contributed by atoms with Crippen LogP contribution in [0, 0.1) is 6.92 Å². The molecule has 0 bridgehead atoms. The normalized spacial score (nSPS) is 12.4. The quantitative estimate of drug-likeness (QED) is 0.307. The summed E-state index contributed by atoms with van der Waals surface area (Å²) in [6.07, 6.45) is 1.69. The number of hydrogen-bond donors (Lipinski definition) is 1. The average molecular weight is 540 g/mol. The molecule has 2 heterocycles. The van der Waals surface area contributed by atoms with Crippen LogP contribution in [0.4, 0.5) is 5.82 Å². The Morgan fingerprint density at radius 2 is 1.81 bits per heavy atom. The lowest BCUT2D eigenvalue weighted by atomic mass is 9.87. The van der Waals surface area contributed by atoms with E-state index in [2.05, 4.69) is 43.3 Å². The molecule has 0 radical (unpaired) electrons. The largest absolute Gasteiger partial charge is 0.306 e. The number of amides is 1. The van der Waals surface area contributed by atoms with Gasteiger partial charge in [0.2, 0.25) is 15.2 Å². The molecular formula is C27H33N5O3S2. The minimum atomic E-state index is -3.60. The molecule has 10 heteroatoms. The number of nitrogens with zero attached hydrogens (tertiary/aromatic N) is 4. The SMILES string of the molecule is CCCCN(C)S(=O)(=O)c1ccc(C(=O)Nc2cc(C)nn2-c2nc3ccc(C(C)(C)C)cc3s2)cc1. The van der Waals surface area contributed by atoms with E-state index in [4.69, 9.17) is 4.98 Å². The van der Waals surface area contributed by atoms with Gasteiger partial charge >= 0.3 is 0 Å². The fraction of sp³-hybridized carbons (Fsp3) is 0.370. The number of benzene rings is 2. The third-order valence-electron chi connectivity index (χ3n) is 6.15. The molecule has 196 valence electrons. The van der Waals surface area contributed by atoms with Crippen molar-refractivity contribution in [3.05, 3.63) is 65.4 Å². The van der Waals surface area contributed by atoms with Crippen molar-refractivity contribution in [1.29, 1.82) is 0 Å². The summed E-state index contributed by atoms with van der Waals surface area (Å²) in [7, 11) is -2.03. The number of thiazole rings is 1. The second kappa shape index (κ2) is 10.4. The second-order valence-corrected chi connectivity index (χ2v) is 13.2. The molecule has 0 spiro atoms. The smallest absolute Gasteiger partial charge is 0.256 e. The molecule has 0 unspecified atom stereocenters. The standard InChI is InChI=1S/C27H33N5O3S2/c1-7-8-15-31(6)37(34,35)21-12-9-19(10-13-21)25(33)29-24-16-18(2)30-32(24)26-28-22-14-11-20(27(3,4)5)17-23(22)36-26/h9-14,16-17H,7-8,15H2,1-6H3,(H,29,33). The molecule has 0 fully saturated rings. The molecular weight excluding hydrogens is 506 g/mol. The Labute approximate surface area is 222 Å². The lowest BCUT2D eigenvalue weighted by molar-refractivity contribution is 0.102. The first-order valence-electron chi connectivity index (χ1n) is 12.3. The van der Waals surface area contributed by atoms with E-state index in [-0.39, 0.29) is 16.2 Å². The van der Waals surface area contributed by atoms with Gasteiger partial charge in [-0.25, -0.2) is 17.7 Å². The van der Waals surface area contributed by atoms with E-state index in [1.807, 2.05) is 19.9 Å². The monoisotopic (exact) mass is 539 g/mol. The number of fused-ring (bicyclic) bond motifs is 1. The van der Waals surface area contributed by atoms with Crippen LogP contribution in [-0.2, 0) is 15.4 Å². The third kappa shape index (κ3) is 5.76. The summed E-state index contributed by atoms with van der Waals surface area (Å²) in [5, 5.41) is 8.11. The van der Waals surface area contributed by atoms with E-state index in [9.17, 15) is 13.2 Å². The van der Waals surface area contributed by atoms with E-state index in [0.717, 1.165) is 28.8 Å². The lowest BCUT2D eigenvalue weighted by Crippen LogP contribution is -2.28. The van der Waals surface area contributed by atoms with Crippen molar-refractivity contribution >= 4 is 43.3 Å². The van der Waals surface area contributed by atoms with Crippen LogP contribution in [0.1, 0.15) is 62.2 Å². The van der Waals surface area contributed by atoms with Gasteiger partial charge in [0.1, 0.15) is 5.82 Å². The fourth-order valence-corrected chi connectivity index (χ4v) is 6.03. The maximum Gasteiger partial charge on any atom is 0.256 e. The van der Waals surface area contributed by atoms with E-state index in [0.29, 0.717) is 23.1 Å². The topological polar surface area (TPSA) is 97.2 Å². The maximum absolute atomic E-state index is 13.0. The van der Waals surface area contributed by atoms with Crippen LogP contribution < -0.4 is 5.32 Å². The molecule has 0 atom stereocenters. The van der Waals surface area contributed by atoms with Gasteiger partial charge in [-0.15, -0.1) is 0 Å². The molecule has 8 nitrogen and oxygen atoms in total. The fourth-order valence-electron chi connectivity index (χ4n) is 3.85. The highest BCUT2D eigenvalue weighted by molar-refractivity contribution is 7.89. The van der Waals surface area contributed by atoms with Gasteiger partial charge in [-0.3, -0.25) is 4.79 Å². The van der Waals surface area contributed by atoms with Gasteiger partial charge in [0, 0.05) is 25.2 Å². The highest BCUT2D eigenvalue weighted by Crippen LogP contribution is 2.32. The number of anilines is 1. The molecule has 0 saturated carbocycles. The Hall–Kier alpha value is -3.08. The highest BCUT2D eigenvalue weighted by atomic mass is 32.2. The van der Waals surface area contributed by atoms with Crippen LogP contribution in [-0.4, -0.2) is 47.0 Å². The van der Waals surface area contributed by atoms with Crippen LogP contribution in [0.15, 0.2) is 53.4 Å². The number of sulfonamides is 1. The molecule has 1 N–H and O–H groups in total. The molecule has 0 aliphatic rings. The second-order valence-electron chi connectivity index (χ2n) is 10.2. The zero-order valence-electron chi connectivity index (χ0n) is 22.1. The van der Waals surface area contributed by atoms with Crippen molar-refractivity contribution in [2.45, 2.75) is 57.8 Å². The van der Waals surface area contributed by atoms with Gasteiger partial charge in [-0.1, -0.05) is 51.5 Å². The molecule has 2 aromatic heterocycles. The minimum Gasteiger partial charge on any atom is -0.306 e. The summed E-state index contributed by atoms with van der Waals surface area (Å²) in [6.45, 7) is 10.8. The number of hydrogen-bond acceptors (Lipinski definition) is 6. The van der Waals surface area contributed by atoms with Crippen molar-refractivity contribution < 1.29 is 13.2 Å². The average Bonchev–Trinajstić information content (AvgIpc) is 3.44. The number of carbonyl (C=O) groups is 1. The molecule has 4 rings (SSSR count). The van der Waals surface area contributed by atoms with E-state index < -0.39 is 10.0 Å². The lowest BCUT2D eigenvalue weighted by Gasteiger charge is -2.18. The van der Waals surface area contributed by atoms with E-state index in [1.165, 1.54) is 45.5 Å². The van der Waals surface area contributed by atoms with Gasteiger partial charge < -0.3 is 5.32 Å². The Balaban J connectivity index is 1.57. The Morgan fingerprint density at radius 1 is 1.11 bits per heavy atom. The van der Waals surface area contributed by atoms with Crippen molar-refractivity contribution in [2.24, 2.45) is 0 Å². The van der Waals surface area contributed by atoms with Crippen LogP contribution in [0.3, 0.4) is 0 Å². The van der Waals surface area contributed by atoms with E-state index >= 15 is 0 Å². The first kappa shape index (κ1) is 27.0. The predicted molar refractivity (Wildman–Crippen MR) is 149 cm³/mol. The summed E-state index contributed by atoms with van der Waals surface area (Å²) >= 11 is 1.51. The zero-order chi connectivity index (χ0) is 27.0. The molecule has 37 heavy (non-hydrogen) atoms. The van der Waals surface area contributed by atoms with Crippen molar-refractivity contribution in [3.8, 4) is 5.13 Å². The van der Waals surface area contributed by atoms with Gasteiger partial charge in [-0.2, -0.15) is 9.78 Å². The summed E-state index contributed by atoms with van der Waals surface area (Å²) in [5.74, 6) is 0.133. The Morgan fingerprint density at radius 3 is 2.46 bits per heavy atom. The highest BCUT2D eigenvalue weighted by Gasteiger charge is 2.22. The number of aryl methyl sites for hydroxylation is 1. The number of rotatable bonds is 8. The number of nitrogens with one attached hydrogen (secondary N) is 1. The minimum absolute atomic E-state index is 0.0274. The predicted octanol–water partition coefficient (Wildman–Crippen LogP) is 5.76. The number of carbonyl (C=O) groups excluding carboxylic acids is 1.